The molecule has 0 saturated carbocycles. The number of piperidine rings is 1. The molecule has 1 amide bonds. The number of nitrogens with zero attached hydrogens (tertiary/aromatic N) is 2. The Kier molecular flexibility index (Phi) is 5.95. The summed E-state index contributed by atoms with van der Waals surface area (Å²) in [4.78, 5) is 19.1. The molecule has 1 saturated heterocycles. The number of carbonyl (C=O) groups excluding carboxylic acids is 1. The Bertz CT molecular complexity index is 997. The number of rotatable bonds is 6. The summed E-state index contributed by atoms with van der Waals surface area (Å²) >= 11 is 0. The number of primary amides is 1. The second kappa shape index (κ2) is 8.97. The van der Waals surface area contributed by atoms with Gasteiger partial charge in [-0.2, -0.15) is 0 Å². The highest BCUT2D eigenvalue weighted by Crippen LogP contribution is 2.29. The number of nitrogens with one attached hydrogen (secondary N) is 1. The van der Waals surface area contributed by atoms with E-state index in [1.165, 1.54) is 0 Å². The molecule has 3 aromatic rings. The number of ether oxygens (including phenoxy) is 1. The molecule has 30 heavy (non-hydrogen) atoms. The zero-order valence-corrected chi connectivity index (χ0v) is 17.0. The minimum Gasteiger partial charge on any atom is -0.457 e. The van der Waals surface area contributed by atoms with E-state index in [1.54, 1.807) is 6.07 Å². The van der Waals surface area contributed by atoms with Gasteiger partial charge in [-0.25, -0.2) is 4.98 Å². The molecule has 4 rings (SSSR count). The molecule has 3 N–H and O–H groups in total. The maximum Gasteiger partial charge on any atom is 0.250 e. The number of pyridine rings is 1. The summed E-state index contributed by atoms with van der Waals surface area (Å²) < 4.78 is 5.86. The van der Waals surface area contributed by atoms with E-state index in [2.05, 4.69) is 10.2 Å². The topological polar surface area (TPSA) is 80.5 Å². The summed E-state index contributed by atoms with van der Waals surface area (Å²) in [6.45, 7) is 1.86. The van der Waals surface area contributed by atoms with Crippen LogP contribution < -0.4 is 20.7 Å². The van der Waals surface area contributed by atoms with E-state index in [0.29, 0.717) is 17.3 Å². The number of nitrogens with two attached hydrogens (primary N) is 1. The van der Waals surface area contributed by atoms with Crippen molar-refractivity contribution in [1.82, 2.24) is 10.3 Å². The first-order valence-electron chi connectivity index (χ1n) is 10.2. The number of hydrogen-bond donors (Lipinski definition) is 2. The Labute approximate surface area is 176 Å². The van der Waals surface area contributed by atoms with Gasteiger partial charge in [0.05, 0.1) is 11.3 Å². The molecular weight excluding hydrogens is 376 g/mol. The van der Waals surface area contributed by atoms with E-state index in [9.17, 15) is 4.79 Å². The van der Waals surface area contributed by atoms with Crippen LogP contribution in [0.25, 0.3) is 11.3 Å². The molecular formula is C24H26N4O2. The van der Waals surface area contributed by atoms with Crippen LogP contribution in [0.5, 0.6) is 11.5 Å². The lowest BCUT2D eigenvalue weighted by molar-refractivity contribution is 0.100. The summed E-state index contributed by atoms with van der Waals surface area (Å²) in [5.41, 5.74) is 7.47. The first-order valence-corrected chi connectivity index (χ1v) is 10.2. The van der Waals surface area contributed by atoms with Gasteiger partial charge in [-0.15, -0.1) is 0 Å². The smallest absolute Gasteiger partial charge is 0.250 e. The predicted molar refractivity (Wildman–Crippen MR) is 119 cm³/mol. The lowest BCUT2D eigenvalue weighted by Gasteiger charge is -2.33. The van der Waals surface area contributed by atoms with Crippen molar-refractivity contribution < 1.29 is 9.53 Å². The lowest BCUT2D eigenvalue weighted by Crippen LogP contribution is -2.41. The average molecular weight is 402 g/mol. The van der Waals surface area contributed by atoms with Gasteiger partial charge in [-0.1, -0.05) is 18.2 Å². The molecule has 0 atom stereocenters. The number of para-hydroxylation sites is 1. The molecule has 1 aliphatic rings. The average Bonchev–Trinajstić information content (AvgIpc) is 2.80. The first kappa shape index (κ1) is 19.9. The molecule has 2 heterocycles. The fourth-order valence-corrected chi connectivity index (χ4v) is 3.75. The van der Waals surface area contributed by atoms with Crippen molar-refractivity contribution in [3.05, 3.63) is 72.3 Å². The van der Waals surface area contributed by atoms with Crippen LogP contribution in [-0.4, -0.2) is 37.1 Å². The maximum absolute atomic E-state index is 12.0. The van der Waals surface area contributed by atoms with E-state index in [-0.39, 0.29) is 0 Å². The molecule has 6 heteroatoms. The fraction of sp³-hybridized carbons (Fsp3) is 0.250. The standard InChI is InChI=1S/C24H26N4O2/c1-26-18-13-15-28(16-14-18)22-12-11-21(24(25)29)23(27-22)17-7-9-20(10-8-17)30-19-5-3-2-4-6-19/h2-12,18,26H,13-16H2,1H3,(H2,25,29). The third-order valence-electron chi connectivity index (χ3n) is 5.48. The number of amides is 1. The second-order valence-electron chi connectivity index (χ2n) is 7.42. The third kappa shape index (κ3) is 4.44. The van der Waals surface area contributed by atoms with Gasteiger partial charge in [0, 0.05) is 24.7 Å². The molecule has 154 valence electrons. The van der Waals surface area contributed by atoms with Crippen LogP contribution in [0.3, 0.4) is 0 Å². The second-order valence-corrected chi connectivity index (χ2v) is 7.42. The van der Waals surface area contributed by atoms with Crippen molar-refractivity contribution in [1.29, 1.82) is 0 Å². The van der Waals surface area contributed by atoms with Gasteiger partial charge >= 0.3 is 0 Å². The Morgan fingerprint density at radius 2 is 1.67 bits per heavy atom. The van der Waals surface area contributed by atoms with E-state index in [0.717, 1.165) is 48.8 Å². The maximum atomic E-state index is 12.0. The predicted octanol–water partition coefficient (Wildman–Crippen LogP) is 3.83. The Hall–Kier alpha value is -3.38. The molecule has 0 unspecified atom stereocenters. The zero-order valence-electron chi connectivity index (χ0n) is 17.0. The van der Waals surface area contributed by atoms with Crippen LogP contribution in [0.1, 0.15) is 23.2 Å². The molecule has 0 radical (unpaired) electrons. The quantitative estimate of drug-likeness (QED) is 0.655. The summed E-state index contributed by atoms with van der Waals surface area (Å²) in [5, 5.41) is 3.34. The van der Waals surface area contributed by atoms with Crippen molar-refractivity contribution in [2.24, 2.45) is 5.73 Å². The molecule has 1 aliphatic heterocycles. The Balaban J connectivity index is 1.59. The van der Waals surface area contributed by atoms with E-state index >= 15 is 0 Å². The van der Waals surface area contributed by atoms with Crippen molar-refractivity contribution in [2.75, 3.05) is 25.0 Å². The molecule has 0 aliphatic carbocycles. The van der Waals surface area contributed by atoms with Crippen molar-refractivity contribution >= 4 is 11.7 Å². The first-order chi connectivity index (χ1) is 14.6. The highest BCUT2D eigenvalue weighted by atomic mass is 16.5. The Morgan fingerprint density at radius 3 is 2.30 bits per heavy atom. The van der Waals surface area contributed by atoms with Gasteiger partial charge < -0.3 is 20.7 Å². The Morgan fingerprint density at radius 1 is 1.00 bits per heavy atom. The van der Waals surface area contributed by atoms with Gasteiger partial charge in [-0.05, 0) is 68.4 Å². The van der Waals surface area contributed by atoms with Gasteiger partial charge in [0.2, 0.25) is 0 Å². The number of anilines is 1. The van der Waals surface area contributed by atoms with Gasteiger partial charge in [0.15, 0.2) is 0 Å². The van der Waals surface area contributed by atoms with Crippen molar-refractivity contribution in [3.63, 3.8) is 0 Å². The molecule has 1 fully saturated rings. The van der Waals surface area contributed by atoms with E-state index in [1.807, 2.05) is 67.7 Å². The van der Waals surface area contributed by atoms with Crippen LogP contribution in [0.2, 0.25) is 0 Å². The van der Waals surface area contributed by atoms with Crippen molar-refractivity contribution in [3.8, 4) is 22.8 Å². The number of benzene rings is 2. The van der Waals surface area contributed by atoms with Crippen LogP contribution in [0.4, 0.5) is 5.82 Å². The third-order valence-corrected chi connectivity index (χ3v) is 5.48. The molecule has 0 spiro atoms. The number of aromatic nitrogens is 1. The molecule has 2 aromatic carbocycles. The number of hydrogen-bond acceptors (Lipinski definition) is 5. The fourth-order valence-electron chi connectivity index (χ4n) is 3.75. The molecule has 1 aromatic heterocycles. The monoisotopic (exact) mass is 402 g/mol. The zero-order chi connectivity index (χ0) is 20.9. The van der Waals surface area contributed by atoms with Gasteiger partial charge in [-0.3, -0.25) is 4.79 Å². The number of carbonyl (C=O) groups is 1. The van der Waals surface area contributed by atoms with Crippen LogP contribution in [0.15, 0.2) is 66.7 Å². The van der Waals surface area contributed by atoms with Crippen LogP contribution >= 0.6 is 0 Å². The SMILES string of the molecule is CNC1CCN(c2ccc(C(N)=O)c(-c3ccc(Oc4ccccc4)cc3)n2)CC1. The van der Waals surface area contributed by atoms with Gasteiger partial charge in [0.25, 0.3) is 5.91 Å². The van der Waals surface area contributed by atoms with E-state index in [4.69, 9.17) is 15.5 Å². The summed E-state index contributed by atoms with van der Waals surface area (Å²) in [6.07, 6.45) is 2.13. The molecule has 6 nitrogen and oxygen atoms in total. The molecule has 0 bridgehead atoms. The van der Waals surface area contributed by atoms with Crippen LogP contribution in [-0.2, 0) is 0 Å². The van der Waals surface area contributed by atoms with Crippen molar-refractivity contribution in [2.45, 2.75) is 18.9 Å². The minimum atomic E-state index is -0.484. The summed E-state index contributed by atoms with van der Waals surface area (Å²) in [6, 6.07) is 21.4. The highest BCUT2D eigenvalue weighted by Gasteiger charge is 2.21. The highest BCUT2D eigenvalue weighted by molar-refractivity contribution is 5.99. The van der Waals surface area contributed by atoms with Gasteiger partial charge in [0.1, 0.15) is 17.3 Å². The lowest BCUT2D eigenvalue weighted by atomic mass is 10.0. The largest absolute Gasteiger partial charge is 0.457 e. The minimum absolute atomic E-state index is 0.417. The van der Waals surface area contributed by atoms with E-state index < -0.39 is 5.91 Å². The normalized spacial score (nSPS) is 14.5. The van der Waals surface area contributed by atoms with Crippen LogP contribution in [0, 0.1) is 0 Å². The summed E-state index contributed by atoms with van der Waals surface area (Å²) in [5.74, 6) is 1.88. The summed E-state index contributed by atoms with van der Waals surface area (Å²) in [7, 11) is 2.00.